The summed E-state index contributed by atoms with van der Waals surface area (Å²) in [7, 11) is 0. The number of phenols is 1. The van der Waals surface area contributed by atoms with Crippen LogP contribution in [0.1, 0.15) is 52.7 Å². The fourth-order valence-corrected chi connectivity index (χ4v) is 6.25. The molecule has 0 saturated carbocycles. The lowest BCUT2D eigenvalue weighted by Crippen LogP contribution is -2.12. The van der Waals surface area contributed by atoms with E-state index in [0.29, 0.717) is 17.0 Å². The van der Waals surface area contributed by atoms with Crippen molar-refractivity contribution in [1.82, 2.24) is 9.97 Å². The van der Waals surface area contributed by atoms with Crippen molar-refractivity contribution in [1.29, 1.82) is 0 Å². The van der Waals surface area contributed by atoms with E-state index in [4.69, 9.17) is 14.4 Å². The Hall–Kier alpha value is -5.22. The zero-order valence-corrected chi connectivity index (χ0v) is 27.2. The van der Waals surface area contributed by atoms with Gasteiger partial charge in [0.15, 0.2) is 5.58 Å². The summed E-state index contributed by atoms with van der Waals surface area (Å²) >= 11 is 0. The summed E-state index contributed by atoms with van der Waals surface area (Å²) in [5.74, 6) is 0.535. The molecule has 0 unspecified atom stereocenters. The zero-order chi connectivity index (χ0) is 32.2. The molecule has 5 aromatic carbocycles. The van der Waals surface area contributed by atoms with Crippen LogP contribution in [-0.2, 0) is 10.8 Å². The first-order valence-electron chi connectivity index (χ1n) is 15.8. The number of fused-ring (bicyclic) bond motifs is 2. The molecule has 7 rings (SSSR count). The number of aromatic hydroxyl groups is 1. The lowest BCUT2D eigenvalue weighted by Gasteiger charge is -2.24. The fraction of sp³-hybridized carbons (Fsp3) is 0.190. The van der Waals surface area contributed by atoms with Crippen molar-refractivity contribution in [2.24, 2.45) is 0 Å². The second-order valence-electron chi connectivity index (χ2n) is 14.1. The van der Waals surface area contributed by atoms with Crippen molar-refractivity contribution in [3.05, 3.63) is 127 Å². The van der Waals surface area contributed by atoms with Crippen molar-refractivity contribution >= 4 is 22.0 Å². The number of para-hydroxylation sites is 2. The van der Waals surface area contributed by atoms with Crippen molar-refractivity contribution in [3.8, 4) is 50.6 Å². The van der Waals surface area contributed by atoms with E-state index in [-0.39, 0.29) is 16.6 Å². The molecule has 4 nitrogen and oxygen atoms in total. The highest BCUT2D eigenvalue weighted by Gasteiger charge is 2.23. The maximum atomic E-state index is 10.5. The van der Waals surface area contributed by atoms with Gasteiger partial charge < -0.3 is 9.52 Å². The van der Waals surface area contributed by atoms with Crippen LogP contribution in [0.15, 0.2) is 120 Å². The maximum Gasteiger partial charge on any atom is 0.231 e. The molecule has 7 aromatic rings. The highest BCUT2D eigenvalue weighted by atomic mass is 16.3. The molecule has 0 fully saturated rings. The first-order valence-corrected chi connectivity index (χ1v) is 15.8. The molecular weight excluding hydrogens is 564 g/mol. The molecule has 0 amide bonds. The molecule has 2 aromatic heterocycles. The number of pyridine rings is 1. The summed E-state index contributed by atoms with van der Waals surface area (Å²) in [6, 6.07) is 37.3. The Labute approximate surface area is 270 Å². The average molecular weight is 603 g/mol. The van der Waals surface area contributed by atoms with Gasteiger partial charge >= 0.3 is 0 Å². The normalized spacial score (nSPS) is 12.2. The molecule has 0 aliphatic carbocycles. The highest BCUT2D eigenvalue weighted by molar-refractivity contribution is 6.01. The third-order valence-corrected chi connectivity index (χ3v) is 8.73. The molecule has 0 atom stereocenters. The fourth-order valence-electron chi connectivity index (χ4n) is 6.25. The molecule has 0 aliphatic heterocycles. The minimum atomic E-state index is -0.111. The van der Waals surface area contributed by atoms with E-state index in [1.807, 2.05) is 30.5 Å². The minimum absolute atomic E-state index is 0.0559. The van der Waals surface area contributed by atoms with Gasteiger partial charge in [-0.15, -0.1) is 0 Å². The third kappa shape index (κ3) is 5.34. The number of phenolic OH excluding ortho intramolecular Hbond substituents is 1. The quantitative estimate of drug-likeness (QED) is 0.218. The summed E-state index contributed by atoms with van der Waals surface area (Å²) in [5.41, 5.74) is 11.9. The monoisotopic (exact) mass is 602 g/mol. The van der Waals surface area contributed by atoms with Crippen molar-refractivity contribution in [3.63, 3.8) is 0 Å². The predicted octanol–water partition coefficient (Wildman–Crippen LogP) is 11.3. The van der Waals surface area contributed by atoms with Gasteiger partial charge in [-0.25, -0.2) is 4.98 Å². The smallest absolute Gasteiger partial charge is 0.231 e. The summed E-state index contributed by atoms with van der Waals surface area (Å²) in [4.78, 5) is 9.92. The lowest BCUT2D eigenvalue weighted by atomic mass is 9.81. The van der Waals surface area contributed by atoms with Gasteiger partial charge in [0.05, 0.1) is 11.1 Å². The molecule has 4 heteroatoms. The van der Waals surface area contributed by atoms with Gasteiger partial charge in [-0.3, -0.25) is 4.98 Å². The van der Waals surface area contributed by atoms with Crippen LogP contribution in [0, 0.1) is 0 Å². The Morgan fingerprint density at radius 3 is 1.98 bits per heavy atom. The second kappa shape index (κ2) is 11.0. The van der Waals surface area contributed by atoms with E-state index in [9.17, 15) is 5.11 Å². The molecule has 0 spiro atoms. The molecule has 1 N–H and O–H groups in total. The van der Waals surface area contributed by atoms with Gasteiger partial charge in [0, 0.05) is 22.7 Å². The lowest BCUT2D eigenvalue weighted by molar-refractivity contribution is 0.474. The SMILES string of the molecule is CC(C)(C)c1cc(-c2cccc3oc(-c4ccccc4O)nc23)cc(-c2cc(-c3ccccc3)cc3c(C(C)(C)C)ccnc23)c1. The van der Waals surface area contributed by atoms with Crippen LogP contribution in [0.2, 0.25) is 0 Å². The maximum absolute atomic E-state index is 10.5. The number of rotatable bonds is 4. The summed E-state index contributed by atoms with van der Waals surface area (Å²) in [5, 5.41) is 11.7. The van der Waals surface area contributed by atoms with Gasteiger partial charge in [-0.2, -0.15) is 0 Å². The molecule has 2 heterocycles. The van der Waals surface area contributed by atoms with E-state index in [2.05, 4.69) is 114 Å². The summed E-state index contributed by atoms with van der Waals surface area (Å²) in [6.07, 6.45) is 1.94. The number of oxazole rings is 1. The van der Waals surface area contributed by atoms with Gasteiger partial charge in [-0.1, -0.05) is 108 Å². The van der Waals surface area contributed by atoms with Crippen LogP contribution in [0.3, 0.4) is 0 Å². The van der Waals surface area contributed by atoms with E-state index in [1.165, 1.54) is 22.1 Å². The minimum Gasteiger partial charge on any atom is -0.507 e. The summed E-state index contributed by atoms with van der Waals surface area (Å²) in [6.45, 7) is 13.5. The molecule has 0 radical (unpaired) electrons. The topological polar surface area (TPSA) is 59.2 Å². The van der Waals surface area contributed by atoms with Crippen LogP contribution < -0.4 is 0 Å². The van der Waals surface area contributed by atoms with Gasteiger partial charge in [0.1, 0.15) is 11.3 Å². The van der Waals surface area contributed by atoms with Gasteiger partial charge in [-0.05, 0) is 86.7 Å². The molecule has 0 saturated heterocycles. The van der Waals surface area contributed by atoms with E-state index in [1.54, 1.807) is 12.1 Å². The van der Waals surface area contributed by atoms with Crippen LogP contribution in [0.25, 0.3) is 66.8 Å². The number of benzene rings is 5. The molecule has 46 heavy (non-hydrogen) atoms. The highest BCUT2D eigenvalue weighted by Crippen LogP contribution is 2.42. The first kappa shape index (κ1) is 29.5. The zero-order valence-electron chi connectivity index (χ0n) is 27.2. The largest absolute Gasteiger partial charge is 0.507 e. The van der Waals surface area contributed by atoms with Gasteiger partial charge in [0.25, 0.3) is 0 Å². The van der Waals surface area contributed by atoms with Crippen molar-refractivity contribution < 1.29 is 9.52 Å². The summed E-state index contributed by atoms with van der Waals surface area (Å²) < 4.78 is 6.20. The van der Waals surface area contributed by atoms with Crippen molar-refractivity contribution in [2.75, 3.05) is 0 Å². The molecule has 0 bridgehead atoms. The standard InChI is InChI=1S/C42H38N2O2/c1-41(2,3)30-22-28(31-16-12-18-37-39(31)44-40(46-37)32-15-10-11-17-36(32)45)21-29(23-30)33-24-27(26-13-8-7-9-14-26)25-34-35(42(4,5)6)19-20-43-38(33)34/h7-25,45H,1-6H3. The van der Waals surface area contributed by atoms with Crippen LogP contribution in [0.4, 0.5) is 0 Å². The molecular formula is C42H38N2O2. The van der Waals surface area contributed by atoms with Crippen LogP contribution in [-0.4, -0.2) is 15.1 Å². The predicted molar refractivity (Wildman–Crippen MR) is 190 cm³/mol. The Balaban J connectivity index is 1.51. The number of aromatic nitrogens is 2. The first-order chi connectivity index (χ1) is 22.0. The third-order valence-electron chi connectivity index (χ3n) is 8.73. The van der Waals surface area contributed by atoms with Crippen molar-refractivity contribution in [2.45, 2.75) is 52.4 Å². The number of nitrogens with zero attached hydrogens (tertiary/aromatic N) is 2. The molecule has 228 valence electrons. The van der Waals surface area contributed by atoms with Gasteiger partial charge in [0.2, 0.25) is 5.89 Å². The Bertz CT molecular complexity index is 2230. The van der Waals surface area contributed by atoms with E-state index >= 15 is 0 Å². The average Bonchev–Trinajstić information content (AvgIpc) is 3.48. The Kier molecular flexibility index (Phi) is 7.05. The second-order valence-corrected chi connectivity index (χ2v) is 14.1. The van der Waals surface area contributed by atoms with E-state index < -0.39 is 0 Å². The van der Waals surface area contributed by atoms with Crippen LogP contribution >= 0.6 is 0 Å². The number of hydrogen-bond acceptors (Lipinski definition) is 4. The van der Waals surface area contributed by atoms with E-state index in [0.717, 1.165) is 38.9 Å². The number of hydrogen-bond donors (Lipinski definition) is 1. The molecule has 0 aliphatic rings. The Morgan fingerprint density at radius 1 is 0.565 bits per heavy atom. The van der Waals surface area contributed by atoms with Crippen LogP contribution in [0.5, 0.6) is 5.75 Å². The Morgan fingerprint density at radius 2 is 1.26 bits per heavy atom.